The van der Waals surface area contributed by atoms with E-state index in [0.717, 1.165) is 30.6 Å². The van der Waals surface area contributed by atoms with Crippen molar-refractivity contribution in [2.24, 2.45) is 5.92 Å². The van der Waals surface area contributed by atoms with Crippen LogP contribution in [0.5, 0.6) is 0 Å². The van der Waals surface area contributed by atoms with Gasteiger partial charge in [-0.05, 0) is 37.8 Å². The Morgan fingerprint density at radius 1 is 1.04 bits per heavy atom. The topological polar surface area (TPSA) is 92.8 Å². The van der Waals surface area contributed by atoms with Gasteiger partial charge < -0.3 is 10.1 Å². The van der Waals surface area contributed by atoms with Gasteiger partial charge in [-0.15, -0.1) is 0 Å². The van der Waals surface area contributed by atoms with E-state index < -0.39 is 29.9 Å². The molecule has 3 amide bonds. The number of fused-ring (bicyclic) bond motifs is 1. The Bertz CT molecular complexity index is 763. The summed E-state index contributed by atoms with van der Waals surface area (Å²) in [6, 6.07) is 5.50. The highest BCUT2D eigenvalue weighted by Crippen LogP contribution is 2.28. The van der Waals surface area contributed by atoms with E-state index in [4.69, 9.17) is 4.74 Å². The van der Waals surface area contributed by atoms with Crippen molar-refractivity contribution in [3.63, 3.8) is 0 Å². The van der Waals surface area contributed by atoms with Crippen LogP contribution in [0, 0.1) is 5.92 Å². The van der Waals surface area contributed by atoms with Crippen LogP contribution in [0.4, 0.5) is 0 Å². The van der Waals surface area contributed by atoms with Crippen LogP contribution in [-0.2, 0) is 14.3 Å². The van der Waals surface area contributed by atoms with E-state index in [-0.39, 0.29) is 29.0 Å². The molecule has 1 aliphatic carbocycles. The summed E-state index contributed by atoms with van der Waals surface area (Å²) in [6.07, 6.45) is 3.01. The molecule has 2 aliphatic rings. The van der Waals surface area contributed by atoms with Gasteiger partial charge in [0.25, 0.3) is 17.7 Å². The Kier molecular flexibility index (Phi) is 5.82. The average Bonchev–Trinajstić information content (AvgIpc) is 3.24. The number of ether oxygens (including phenoxy) is 1. The number of rotatable bonds is 6. The molecular formula is C21H26N2O5. The van der Waals surface area contributed by atoms with E-state index >= 15 is 0 Å². The average molecular weight is 386 g/mol. The van der Waals surface area contributed by atoms with Crippen molar-refractivity contribution in [2.75, 3.05) is 0 Å². The van der Waals surface area contributed by atoms with Gasteiger partial charge in [-0.1, -0.05) is 38.8 Å². The predicted molar refractivity (Wildman–Crippen MR) is 102 cm³/mol. The molecule has 0 bridgehead atoms. The van der Waals surface area contributed by atoms with Crippen LogP contribution in [0.25, 0.3) is 0 Å². The summed E-state index contributed by atoms with van der Waals surface area (Å²) in [7, 11) is 0. The molecule has 0 radical (unpaired) electrons. The zero-order chi connectivity index (χ0) is 20.4. The molecule has 1 N–H and O–H groups in total. The zero-order valence-electron chi connectivity index (χ0n) is 16.4. The number of nitrogens with zero attached hydrogens (tertiary/aromatic N) is 1. The summed E-state index contributed by atoms with van der Waals surface area (Å²) in [6.45, 7) is 4.97. The number of benzene rings is 1. The number of imide groups is 1. The normalized spacial score (nSPS) is 18.9. The van der Waals surface area contributed by atoms with Crippen molar-refractivity contribution in [1.29, 1.82) is 0 Å². The number of hydrogen-bond acceptors (Lipinski definition) is 5. The maximum atomic E-state index is 12.8. The van der Waals surface area contributed by atoms with Gasteiger partial charge >= 0.3 is 5.97 Å². The molecule has 0 aromatic heterocycles. The molecule has 1 aromatic carbocycles. The summed E-state index contributed by atoms with van der Waals surface area (Å²) in [5, 5.41) is 2.89. The van der Waals surface area contributed by atoms with Crippen molar-refractivity contribution in [3.05, 3.63) is 35.4 Å². The summed E-state index contributed by atoms with van der Waals surface area (Å²) >= 11 is 0. The van der Waals surface area contributed by atoms with Gasteiger partial charge in [0.05, 0.1) is 11.1 Å². The highest BCUT2D eigenvalue weighted by atomic mass is 16.5. The molecule has 1 aliphatic heterocycles. The third-order valence-electron chi connectivity index (χ3n) is 5.34. The smallest absolute Gasteiger partial charge is 0.330 e. The minimum absolute atomic E-state index is 0.116. The molecule has 28 heavy (non-hydrogen) atoms. The molecule has 0 unspecified atom stereocenters. The molecule has 1 heterocycles. The van der Waals surface area contributed by atoms with E-state index in [1.807, 2.05) is 0 Å². The number of hydrogen-bond donors (Lipinski definition) is 1. The van der Waals surface area contributed by atoms with Crippen LogP contribution in [0.2, 0.25) is 0 Å². The van der Waals surface area contributed by atoms with Crippen molar-refractivity contribution < 1.29 is 23.9 Å². The quantitative estimate of drug-likeness (QED) is 0.598. The standard InChI is InChI=1S/C21H26N2O5/c1-12(2)17(23-19(25)15-10-6-7-11-16(15)20(23)26)21(27)28-13(3)18(24)22-14-8-4-5-9-14/h6-7,10-14,17H,4-5,8-9H2,1-3H3,(H,22,24)/t13-,17+/m0/s1. The second-order valence-electron chi connectivity index (χ2n) is 7.78. The summed E-state index contributed by atoms with van der Waals surface area (Å²) in [4.78, 5) is 51.5. The van der Waals surface area contributed by atoms with E-state index in [0.29, 0.717) is 0 Å². The SMILES string of the molecule is CC(C)[C@H](C(=O)O[C@@H](C)C(=O)NC1CCCC1)N1C(=O)c2ccccc2C1=O. The van der Waals surface area contributed by atoms with E-state index in [1.165, 1.54) is 6.92 Å². The number of carbonyl (C=O) groups excluding carboxylic acids is 4. The van der Waals surface area contributed by atoms with Crippen molar-refractivity contribution in [2.45, 2.75) is 64.6 Å². The molecule has 0 saturated heterocycles. The number of esters is 1. The first-order valence-corrected chi connectivity index (χ1v) is 9.79. The fraction of sp³-hybridized carbons (Fsp3) is 0.524. The second-order valence-corrected chi connectivity index (χ2v) is 7.78. The molecule has 1 aromatic rings. The Balaban J connectivity index is 1.72. The fourth-order valence-corrected chi connectivity index (χ4v) is 3.82. The first kappa shape index (κ1) is 20.0. The van der Waals surface area contributed by atoms with Crippen LogP contribution in [0.15, 0.2) is 24.3 Å². The number of nitrogens with one attached hydrogen (secondary N) is 1. The molecule has 7 nitrogen and oxygen atoms in total. The lowest BCUT2D eigenvalue weighted by Crippen LogP contribution is -2.50. The first-order valence-electron chi connectivity index (χ1n) is 9.79. The van der Waals surface area contributed by atoms with Gasteiger partial charge in [0.1, 0.15) is 6.04 Å². The molecule has 1 fully saturated rings. The minimum atomic E-state index is -1.09. The van der Waals surface area contributed by atoms with Gasteiger partial charge in [-0.25, -0.2) is 4.79 Å². The molecule has 1 saturated carbocycles. The predicted octanol–water partition coefficient (Wildman–Crippen LogP) is 2.30. The van der Waals surface area contributed by atoms with Crippen LogP contribution in [0.3, 0.4) is 0 Å². The number of amides is 3. The van der Waals surface area contributed by atoms with Gasteiger partial charge in [0.2, 0.25) is 0 Å². The summed E-state index contributed by atoms with van der Waals surface area (Å²) < 4.78 is 5.36. The number of carbonyl (C=O) groups is 4. The van der Waals surface area contributed by atoms with Crippen molar-refractivity contribution in [3.8, 4) is 0 Å². The van der Waals surface area contributed by atoms with E-state index in [2.05, 4.69) is 5.32 Å². The van der Waals surface area contributed by atoms with Gasteiger partial charge in [0, 0.05) is 6.04 Å². The Morgan fingerprint density at radius 3 is 2.07 bits per heavy atom. The lowest BCUT2D eigenvalue weighted by atomic mass is 10.0. The summed E-state index contributed by atoms with van der Waals surface area (Å²) in [5.41, 5.74) is 0.552. The minimum Gasteiger partial charge on any atom is -0.451 e. The van der Waals surface area contributed by atoms with Gasteiger partial charge in [0.15, 0.2) is 6.10 Å². The van der Waals surface area contributed by atoms with E-state index in [9.17, 15) is 19.2 Å². The first-order chi connectivity index (χ1) is 13.3. The van der Waals surface area contributed by atoms with Crippen LogP contribution in [0.1, 0.15) is 67.2 Å². The van der Waals surface area contributed by atoms with Gasteiger partial charge in [-0.2, -0.15) is 0 Å². The second kappa shape index (κ2) is 8.12. The molecule has 7 heteroatoms. The van der Waals surface area contributed by atoms with E-state index in [1.54, 1.807) is 38.1 Å². The highest BCUT2D eigenvalue weighted by Gasteiger charge is 2.45. The largest absolute Gasteiger partial charge is 0.451 e. The molecule has 3 rings (SSSR count). The Labute approximate surface area is 164 Å². The van der Waals surface area contributed by atoms with Crippen LogP contribution < -0.4 is 5.32 Å². The van der Waals surface area contributed by atoms with Gasteiger partial charge in [-0.3, -0.25) is 19.3 Å². The third kappa shape index (κ3) is 3.79. The van der Waals surface area contributed by atoms with Crippen LogP contribution >= 0.6 is 0 Å². The Hall–Kier alpha value is -2.70. The maximum Gasteiger partial charge on any atom is 0.330 e. The molecule has 150 valence electrons. The van der Waals surface area contributed by atoms with Crippen LogP contribution in [-0.4, -0.2) is 46.8 Å². The zero-order valence-corrected chi connectivity index (χ0v) is 16.4. The third-order valence-corrected chi connectivity index (χ3v) is 5.34. The molecule has 2 atom stereocenters. The lowest BCUT2D eigenvalue weighted by Gasteiger charge is -2.28. The molecular weight excluding hydrogens is 360 g/mol. The fourth-order valence-electron chi connectivity index (χ4n) is 3.82. The maximum absolute atomic E-state index is 12.8. The summed E-state index contributed by atoms with van der Waals surface area (Å²) in [5.74, 6) is -2.50. The molecule has 0 spiro atoms. The Morgan fingerprint density at radius 2 is 1.57 bits per heavy atom. The lowest BCUT2D eigenvalue weighted by molar-refractivity contribution is -0.160. The highest BCUT2D eigenvalue weighted by molar-refractivity contribution is 6.22. The van der Waals surface area contributed by atoms with Crippen molar-refractivity contribution in [1.82, 2.24) is 10.2 Å². The monoisotopic (exact) mass is 386 g/mol. The van der Waals surface area contributed by atoms with Crippen molar-refractivity contribution >= 4 is 23.7 Å².